The van der Waals surface area contributed by atoms with Crippen LogP contribution in [0.2, 0.25) is 0 Å². The van der Waals surface area contributed by atoms with Crippen LogP contribution in [0.5, 0.6) is 0 Å². The summed E-state index contributed by atoms with van der Waals surface area (Å²) in [6, 6.07) is 10.5. The molecule has 3 nitrogen and oxygen atoms in total. The van der Waals surface area contributed by atoms with Crippen LogP contribution < -0.4 is 0 Å². The van der Waals surface area contributed by atoms with E-state index in [1.165, 1.54) is 24.2 Å². The van der Waals surface area contributed by atoms with Gasteiger partial charge in [0.1, 0.15) is 5.82 Å². The second-order valence-corrected chi connectivity index (χ2v) is 5.58. The average Bonchev–Trinajstić information content (AvgIpc) is 3.18. The molecule has 94 valence electrons. The van der Waals surface area contributed by atoms with E-state index in [1.54, 1.807) is 11.8 Å². The summed E-state index contributed by atoms with van der Waals surface area (Å²) in [5.74, 6) is 2.82. The minimum atomic E-state index is 0.670. The van der Waals surface area contributed by atoms with E-state index < -0.39 is 0 Å². The molecule has 0 radical (unpaired) electrons. The SMILES string of the molecule is CCn1c(SCc2ccccc2)nnc1C1CC1. The monoisotopic (exact) mass is 259 g/mol. The van der Waals surface area contributed by atoms with E-state index in [4.69, 9.17) is 0 Å². The Balaban J connectivity index is 1.72. The summed E-state index contributed by atoms with van der Waals surface area (Å²) >= 11 is 1.78. The molecule has 18 heavy (non-hydrogen) atoms. The summed E-state index contributed by atoms with van der Waals surface area (Å²) in [6.07, 6.45) is 2.56. The van der Waals surface area contributed by atoms with Gasteiger partial charge in [-0.15, -0.1) is 10.2 Å². The Labute approximate surface area is 112 Å². The third kappa shape index (κ3) is 2.43. The Morgan fingerprint density at radius 1 is 1.22 bits per heavy atom. The van der Waals surface area contributed by atoms with Crippen LogP contribution in [0, 0.1) is 0 Å². The summed E-state index contributed by atoms with van der Waals surface area (Å²) in [7, 11) is 0. The van der Waals surface area contributed by atoms with E-state index in [0.29, 0.717) is 5.92 Å². The number of rotatable bonds is 5. The van der Waals surface area contributed by atoms with Gasteiger partial charge in [-0.3, -0.25) is 0 Å². The maximum absolute atomic E-state index is 4.35. The first-order chi connectivity index (χ1) is 8.88. The fourth-order valence-corrected chi connectivity index (χ4v) is 3.03. The molecular formula is C14H17N3S. The third-order valence-electron chi connectivity index (χ3n) is 3.21. The molecule has 2 aromatic rings. The quantitative estimate of drug-likeness (QED) is 0.770. The largest absolute Gasteiger partial charge is 0.306 e. The maximum atomic E-state index is 4.35. The first kappa shape index (κ1) is 11.8. The molecule has 0 amide bonds. The van der Waals surface area contributed by atoms with Gasteiger partial charge in [0, 0.05) is 18.2 Å². The summed E-state index contributed by atoms with van der Waals surface area (Å²) in [5, 5.41) is 9.75. The molecule has 1 aromatic carbocycles. The molecule has 0 N–H and O–H groups in total. The number of benzene rings is 1. The summed E-state index contributed by atoms with van der Waals surface area (Å²) in [6.45, 7) is 3.14. The van der Waals surface area contributed by atoms with Gasteiger partial charge < -0.3 is 4.57 Å². The first-order valence-corrected chi connectivity index (χ1v) is 7.47. The van der Waals surface area contributed by atoms with Crippen LogP contribution in [-0.2, 0) is 12.3 Å². The van der Waals surface area contributed by atoms with Crippen molar-refractivity contribution in [1.82, 2.24) is 14.8 Å². The molecular weight excluding hydrogens is 242 g/mol. The highest BCUT2D eigenvalue weighted by molar-refractivity contribution is 7.98. The predicted octanol–water partition coefficient (Wildman–Crippen LogP) is 3.47. The lowest BCUT2D eigenvalue weighted by Crippen LogP contribution is -2.01. The first-order valence-electron chi connectivity index (χ1n) is 6.48. The predicted molar refractivity (Wildman–Crippen MR) is 73.7 cm³/mol. The molecule has 0 saturated heterocycles. The third-order valence-corrected chi connectivity index (χ3v) is 4.25. The lowest BCUT2D eigenvalue weighted by atomic mass is 10.2. The van der Waals surface area contributed by atoms with Crippen molar-refractivity contribution < 1.29 is 0 Å². The molecule has 1 heterocycles. The number of hydrogen-bond acceptors (Lipinski definition) is 3. The smallest absolute Gasteiger partial charge is 0.191 e. The highest BCUT2D eigenvalue weighted by Gasteiger charge is 2.29. The van der Waals surface area contributed by atoms with Crippen molar-refractivity contribution in [2.24, 2.45) is 0 Å². The molecule has 3 rings (SSSR count). The number of nitrogens with zero attached hydrogens (tertiary/aromatic N) is 3. The Morgan fingerprint density at radius 2 is 2.00 bits per heavy atom. The Morgan fingerprint density at radius 3 is 2.67 bits per heavy atom. The molecule has 0 bridgehead atoms. The Kier molecular flexibility index (Phi) is 3.37. The number of hydrogen-bond donors (Lipinski definition) is 0. The average molecular weight is 259 g/mol. The van der Waals surface area contributed by atoms with Crippen molar-refractivity contribution in [2.45, 2.75) is 43.1 Å². The van der Waals surface area contributed by atoms with E-state index in [0.717, 1.165) is 17.5 Å². The number of aromatic nitrogens is 3. The molecule has 1 saturated carbocycles. The van der Waals surface area contributed by atoms with Gasteiger partial charge in [0.2, 0.25) is 0 Å². The fourth-order valence-electron chi connectivity index (χ4n) is 2.07. The van der Waals surface area contributed by atoms with Crippen molar-refractivity contribution >= 4 is 11.8 Å². The Bertz CT molecular complexity index is 517. The van der Waals surface area contributed by atoms with Crippen molar-refractivity contribution in [3.8, 4) is 0 Å². The molecule has 0 atom stereocenters. The van der Waals surface area contributed by atoms with E-state index in [9.17, 15) is 0 Å². The van der Waals surface area contributed by atoms with Gasteiger partial charge in [0.25, 0.3) is 0 Å². The molecule has 1 aliphatic carbocycles. The zero-order chi connectivity index (χ0) is 12.4. The van der Waals surface area contributed by atoms with Crippen LogP contribution in [0.25, 0.3) is 0 Å². The van der Waals surface area contributed by atoms with Crippen molar-refractivity contribution in [3.63, 3.8) is 0 Å². The summed E-state index contributed by atoms with van der Waals surface area (Å²) in [4.78, 5) is 0. The van der Waals surface area contributed by atoms with E-state index in [1.807, 2.05) is 6.07 Å². The normalized spacial score (nSPS) is 14.9. The van der Waals surface area contributed by atoms with Crippen molar-refractivity contribution in [1.29, 1.82) is 0 Å². The van der Waals surface area contributed by atoms with Crippen molar-refractivity contribution in [2.75, 3.05) is 0 Å². The van der Waals surface area contributed by atoms with Crippen LogP contribution >= 0.6 is 11.8 Å². The molecule has 0 aliphatic heterocycles. The van der Waals surface area contributed by atoms with Gasteiger partial charge >= 0.3 is 0 Å². The van der Waals surface area contributed by atoms with Crippen LogP contribution in [0.1, 0.15) is 37.1 Å². The van der Waals surface area contributed by atoms with Crippen LogP contribution in [-0.4, -0.2) is 14.8 Å². The molecule has 0 unspecified atom stereocenters. The van der Waals surface area contributed by atoms with Crippen LogP contribution in [0.4, 0.5) is 0 Å². The number of thioether (sulfide) groups is 1. The zero-order valence-electron chi connectivity index (χ0n) is 10.5. The minimum Gasteiger partial charge on any atom is -0.306 e. The van der Waals surface area contributed by atoms with Gasteiger partial charge in [0.15, 0.2) is 5.16 Å². The lowest BCUT2D eigenvalue weighted by Gasteiger charge is -2.06. The molecule has 1 aliphatic rings. The van der Waals surface area contributed by atoms with Gasteiger partial charge in [-0.25, -0.2) is 0 Å². The summed E-state index contributed by atoms with van der Waals surface area (Å²) < 4.78 is 2.27. The second kappa shape index (κ2) is 5.14. The summed E-state index contributed by atoms with van der Waals surface area (Å²) in [5.41, 5.74) is 1.33. The zero-order valence-corrected chi connectivity index (χ0v) is 11.4. The van der Waals surface area contributed by atoms with Gasteiger partial charge in [0.05, 0.1) is 0 Å². The standard InChI is InChI=1S/C14H17N3S/c1-2-17-13(12-8-9-12)15-16-14(17)18-10-11-6-4-3-5-7-11/h3-7,12H,2,8-10H2,1H3. The fraction of sp³-hybridized carbons (Fsp3) is 0.429. The molecule has 0 spiro atoms. The van der Waals surface area contributed by atoms with E-state index in [2.05, 4.69) is 46.0 Å². The van der Waals surface area contributed by atoms with E-state index >= 15 is 0 Å². The highest BCUT2D eigenvalue weighted by atomic mass is 32.2. The van der Waals surface area contributed by atoms with Gasteiger partial charge in [-0.1, -0.05) is 42.1 Å². The van der Waals surface area contributed by atoms with Crippen LogP contribution in [0.15, 0.2) is 35.5 Å². The van der Waals surface area contributed by atoms with E-state index in [-0.39, 0.29) is 0 Å². The minimum absolute atomic E-state index is 0.670. The second-order valence-electron chi connectivity index (χ2n) is 4.63. The van der Waals surface area contributed by atoms with Crippen LogP contribution in [0.3, 0.4) is 0 Å². The molecule has 1 fully saturated rings. The molecule has 1 aromatic heterocycles. The van der Waals surface area contributed by atoms with Gasteiger partial charge in [-0.05, 0) is 25.3 Å². The Hall–Kier alpha value is -1.29. The van der Waals surface area contributed by atoms with Gasteiger partial charge in [-0.2, -0.15) is 0 Å². The lowest BCUT2D eigenvalue weighted by molar-refractivity contribution is 0.643. The van der Waals surface area contributed by atoms with Crippen molar-refractivity contribution in [3.05, 3.63) is 41.7 Å². The molecule has 4 heteroatoms. The highest BCUT2D eigenvalue weighted by Crippen LogP contribution is 2.40. The maximum Gasteiger partial charge on any atom is 0.191 e. The topological polar surface area (TPSA) is 30.7 Å².